The van der Waals surface area contributed by atoms with Crippen molar-refractivity contribution in [2.45, 2.75) is 20.4 Å². The molecule has 0 N–H and O–H groups in total. The van der Waals surface area contributed by atoms with Crippen molar-refractivity contribution in [3.8, 4) is 0 Å². The lowest BCUT2D eigenvalue weighted by molar-refractivity contribution is -0.114. The summed E-state index contributed by atoms with van der Waals surface area (Å²) in [5.41, 5.74) is 4.15. The Kier molecular flexibility index (Phi) is 2.86. The van der Waals surface area contributed by atoms with Crippen LogP contribution in [0.3, 0.4) is 0 Å². The number of aromatic nitrogens is 1. The van der Waals surface area contributed by atoms with E-state index >= 15 is 0 Å². The molecule has 0 saturated heterocycles. The van der Waals surface area contributed by atoms with E-state index in [1.165, 1.54) is 0 Å². The molecular weight excluding hydrogens is 252 g/mol. The minimum Gasteiger partial charge on any atom is -0.300 e. The number of Topliss-reactive ketones (excluding diaryl/α,β-unsaturated/α-hetero) is 1. The second kappa shape index (κ2) is 4.56. The molecule has 0 unspecified atom stereocenters. The molecule has 1 amide bonds. The highest BCUT2D eigenvalue weighted by Crippen LogP contribution is 2.34. The molecule has 20 heavy (non-hydrogen) atoms. The van der Waals surface area contributed by atoms with Gasteiger partial charge < -0.3 is 4.90 Å². The highest BCUT2D eigenvalue weighted by Gasteiger charge is 2.36. The fraction of sp³-hybridized carbons (Fsp3) is 0.188. The van der Waals surface area contributed by atoms with Crippen LogP contribution in [0.15, 0.2) is 36.7 Å². The van der Waals surface area contributed by atoms with Crippen LogP contribution in [0.1, 0.15) is 27.0 Å². The Morgan fingerprint density at radius 2 is 1.80 bits per heavy atom. The van der Waals surface area contributed by atoms with Crippen molar-refractivity contribution in [1.82, 2.24) is 4.98 Å². The van der Waals surface area contributed by atoms with Crippen LogP contribution in [-0.4, -0.2) is 16.7 Å². The number of aryl methyl sites for hydroxylation is 2. The van der Waals surface area contributed by atoms with Gasteiger partial charge in [0.05, 0.1) is 17.8 Å². The Morgan fingerprint density at radius 1 is 1.10 bits per heavy atom. The third-order valence-electron chi connectivity index (χ3n) is 3.49. The smallest absolute Gasteiger partial charge is 0.299 e. The molecule has 0 spiro atoms. The van der Waals surface area contributed by atoms with Crippen LogP contribution in [0.2, 0.25) is 0 Å². The van der Waals surface area contributed by atoms with E-state index in [-0.39, 0.29) is 0 Å². The van der Waals surface area contributed by atoms with Gasteiger partial charge in [-0.25, -0.2) is 0 Å². The van der Waals surface area contributed by atoms with E-state index in [9.17, 15) is 9.59 Å². The Labute approximate surface area is 117 Å². The molecule has 2 heterocycles. The number of benzene rings is 1. The number of fused-ring (bicyclic) bond motifs is 1. The third kappa shape index (κ3) is 1.90. The van der Waals surface area contributed by atoms with Crippen LogP contribution in [0, 0.1) is 13.8 Å². The number of carbonyl (C=O) groups is 2. The molecule has 0 saturated carbocycles. The molecule has 1 aromatic heterocycles. The van der Waals surface area contributed by atoms with Gasteiger partial charge in [-0.05, 0) is 48.7 Å². The number of carbonyl (C=O) groups excluding carboxylic acids is 2. The number of hydrogen-bond acceptors (Lipinski definition) is 3. The second-order valence-corrected chi connectivity index (χ2v) is 5.05. The molecule has 0 fully saturated rings. The summed E-state index contributed by atoms with van der Waals surface area (Å²) in [5, 5.41) is 0. The molecule has 0 atom stereocenters. The number of hydrogen-bond donors (Lipinski definition) is 0. The minimum atomic E-state index is -0.453. The number of amides is 1. The molecule has 1 aliphatic rings. The summed E-state index contributed by atoms with van der Waals surface area (Å²) in [4.78, 5) is 29.8. The van der Waals surface area contributed by atoms with Crippen molar-refractivity contribution in [2.24, 2.45) is 0 Å². The summed E-state index contributed by atoms with van der Waals surface area (Å²) < 4.78 is 0. The Balaban J connectivity index is 2.07. The quantitative estimate of drug-likeness (QED) is 0.784. The van der Waals surface area contributed by atoms with E-state index in [2.05, 4.69) is 4.98 Å². The first-order valence-electron chi connectivity index (χ1n) is 6.44. The first-order valence-corrected chi connectivity index (χ1v) is 6.44. The van der Waals surface area contributed by atoms with Gasteiger partial charge in [0.2, 0.25) is 0 Å². The zero-order valence-corrected chi connectivity index (χ0v) is 11.4. The number of rotatable bonds is 2. The average Bonchev–Trinajstić information content (AvgIpc) is 2.65. The first kappa shape index (κ1) is 12.5. The molecule has 100 valence electrons. The van der Waals surface area contributed by atoms with Gasteiger partial charge in [0, 0.05) is 12.4 Å². The second-order valence-electron chi connectivity index (χ2n) is 5.05. The van der Waals surface area contributed by atoms with E-state index in [4.69, 9.17) is 0 Å². The maximum Gasteiger partial charge on any atom is 0.299 e. The lowest BCUT2D eigenvalue weighted by Gasteiger charge is -2.18. The lowest BCUT2D eigenvalue weighted by atomic mass is 10.0. The van der Waals surface area contributed by atoms with Gasteiger partial charge in [0.25, 0.3) is 11.7 Å². The molecule has 1 aromatic carbocycles. The SMILES string of the molecule is Cc1cc(C)c2c(c1)C(=O)C(=O)N2Cc1ccncc1. The van der Waals surface area contributed by atoms with Gasteiger partial charge in [-0.2, -0.15) is 0 Å². The fourth-order valence-electron chi connectivity index (χ4n) is 2.65. The summed E-state index contributed by atoms with van der Waals surface area (Å²) in [6.07, 6.45) is 3.36. The van der Waals surface area contributed by atoms with E-state index < -0.39 is 11.7 Å². The van der Waals surface area contributed by atoms with Crippen LogP contribution >= 0.6 is 0 Å². The maximum absolute atomic E-state index is 12.2. The Hall–Kier alpha value is -2.49. The monoisotopic (exact) mass is 266 g/mol. The molecule has 4 nitrogen and oxygen atoms in total. The summed E-state index contributed by atoms with van der Waals surface area (Å²) in [7, 11) is 0. The van der Waals surface area contributed by atoms with Crippen LogP contribution in [0.4, 0.5) is 5.69 Å². The van der Waals surface area contributed by atoms with Crippen molar-refractivity contribution in [1.29, 1.82) is 0 Å². The summed E-state index contributed by atoms with van der Waals surface area (Å²) in [5.74, 6) is -0.869. The third-order valence-corrected chi connectivity index (χ3v) is 3.49. The lowest BCUT2D eigenvalue weighted by Crippen LogP contribution is -2.29. The molecule has 1 aliphatic heterocycles. The summed E-state index contributed by atoms with van der Waals surface area (Å²) >= 11 is 0. The number of nitrogens with zero attached hydrogens (tertiary/aromatic N) is 2. The molecule has 0 aliphatic carbocycles. The zero-order chi connectivity index (χ0) is 14.3. The molecule has 0 bridgehead atoms. The van der Waals surface area contributed by atoms with E-state index in [1.54, 1.807) is 23.4 Å². The maximum atomic E-state index is 12.2. The van der Waals surface area contributed by atoms with Crippen molar-refractivity contribution in [2.75, 3.05) is 4.90 Å². The van der Waals surface area contributed by atoms with Gasteiger partial charge in [0.15, 0.2) is 0 Å². The van der Waals surface area contributed by atoms with Gasteiger partial charge in [-0.1, -0.05) is 6.07 Å². The van der Waals surface area contributed by atoms with Crippen LogP contribution in [-0.2, 0) is 11.3 Å². The van der Waals surface area contributed by atoms with Crippen LogP contribution in [0.25, 0.3) is 0 Å². The van der Waals surface area contributed by atoms with Crippen molar-refractivity contribution >= 4 is 17.4 Å². The Morgan fingerprint density at radius 3 is 2.50 bits per heavy atom. The predicted molar refractivity (Wildman–Crippen MR) is 75.7 cm³/mol. The van der Waals surface area contributed by atoms with Gasteiger partial charge >= 0.3 is 0 Å². The van der Waals surface area contributed by atoms with Crippen molar-refractivity contribution in [3.05, 3.63) is 58.9 Å². The minimum absolute atomic E-state index is 0.393. The standard InChI is InChI=1S/C16H14N2O2/c1-10-7-11(2)14-13(8-10)15(19)16(20)18(14)9-12-3-5-17-6-4-12/h3-8H,9H2,1-2H3. The zero-order valence-electron chi connectivity index (χ0n) is 11.4. The fourth-order valence-corrected chi connectivity index (χ4v) is 2.65. The molecule has 0 radical (unpaired) electrons. The van der Waals surface area contributed by atoms with E-state index in [0.717, 1.165) is 22.4 Å². The number of pyridine rings is 1. The highest BCUT2D eigenvalue weighted by atomic mass is 16.2. The average molecular weight is 266 g/mol. The number of ketones is 1. The predicted octanol–water partition coefficient (Wildman–Crippen LogP) is 2.43. The Bertz CT molecular complexity index is 708. The van der Waals surface area contributed by atoms with Gasteiger partial charge in [-0.3, -0.25) is 14.6 Å². The number of anilines is 1. The summed E-state index contributed by atoms with van der Waals surface area (Å²) in [6, 6.07) is 7.47. The van der Waals surface area contributed by atoms with Crippen molar-refractivity contribution < 1.29 is 9.59 Å². The molecule has 4 heteroatoms. The van der Waals surface area contributed by atoms with Crippen LogP contribution in [0.5, 0.6) is 0 Å². The molecule has 3 rings (SSSR count). The molecular formula is C16H14N2O2. The van der Waals surface area contributed by atoms with E-state index in [1.807, 2.05) is 32.0 Å². The highest BCUT2D eigenvalue weighted by molar-refractivity contribution is 6.52. The van der Waals surface area contributed by atoms with Crippen molar-refractivity contribution in [3.63, 3.8) is 0 Å². The first-order chi connectivity index (χ1) is 9.58. The van der Waals surface area contributed by atoms with Gasteiger partial charge in [-0.15, -0.1) is 0 Å². The van der Waals surface area contributed by atoms with Crippen LogP contribution < -0.4 is 4.90 Å². The summed E-state index contributed by atoms with van der Waals surface area (Å²) in [6.45, 7) is 4.25. The normalized spacial score (nSPS) is 13.8. The topological polar surface area (TPSA) is 50.3 Å². The largest absolute Gasteiger partial charge is 0.300 e. The van der Waals surface area contributed by atoms with Gasteiger partial charge in [0.1, 0.15) is 0 Å². The molecule has 2 aromatic rings. The van der Waals surface area contributed by atoms with E-state index in [0.29, 0.717) is 12.1 Å².